The average molecular weight is 301 g/mol. The molecule has 1 aliphatic heterocycles. The van der Waals surface area contributed by atoms with Crippen LogP contribution in [0.2, 0.25) is 0 Å². The van der Waals surface area contributed by atoms with Crippen molar-refractivity contribution in [3.63, 3.8) is 0 Å². The molecule has 0 aromatic heterocycles. The highest BCUT2D eigenvalue weighted by molar-refractivity contribution is 5.81. The van der Waals surface area contributed by atoms with Gasteiger partial charge in [-0.05, 0) is 18.8 Å². The number of hydrogen-bond acceptors (Lipinski definition) is 4. The quantitative estimate of drug-likeness (QED) is 0.681. The Morgan fingerprint density at radius 1 is 1.29 bits per heavy atom. The second-order valence-corrected chi connectivity index (χ2v) is 5.81. The van der Waals surface area contributed by atoms with Crippen LogP contribution in [-0.2, 0) is 9.59 Å². The molecule has 21 heavy (non-hydrogen) atoms. The van der Waals surface area contributed by atoms with Gasteiger partial charge in [0.05, 0.1) is 6.04 Å². The molecule has 1 aliphatic rings. The summed E-state index contributed by atoms with van der Waals surface area (Å²) in [5.41, 5.74) is 5.84. The molecule has 1 unspecified atom stereocenters. The molecule has 0 aromatic rings. The standard InChI is InChI=1S/C10H21N3O.C5H10O2/c1-8(2)7-9(11)10(14)13-5-3-12-4-6-13;1-2-3-4-5(6)7/h8-9,12H,3-7,11H2,1-2H3;2-4H2,1H3,(H,6,7). The molecule has 0 aromatic carbocycles. The maximum absolute atomic E-state index is 11.8. The van der Waals surface area contributed by atoms with Crippen molar-refractivity contribution in [2.24, 2.45) is 11.7 Å². The van der Waals surface area contributed by atoms with Crippen LogP contribution in [0, 0.1) is 5.92 Å². The number of nitrogens with one attached hydrogen (secondary N) is 1. The second kappa shape index (κ2) is 11.5. The molecule has 1 fully saturated rings. The van der Waals surface area contributed by atoms with Gasteiger partial charge in [-0.15, -0.1) is 0 Å². The lowest BCUT2D eigenvalue weighted by Crippen LogP contribution is -2.52. The third-order valence-corrected chi connectivity index (χ3v) is 3.22. The maximum atomic E-state index is 11.8. The van der Waals surface area contributed by atoms with Crippen LogP contribution in [0.25, 0.3) is 0 Å². The molecular weight excluding hydrogens is 270 g/mol. The molecule has 6 nitrogen and oxygen atoms in total. The summed E-state index contributed by atoms with van der Waals surface area (Å²) >= 11 is 0. The SMILES string of the molecule is CC(C)CC(N)C(=O)N1CCNCC1.CCCCC(=O)O. The molecule has 0 aliphatic carbocycles. The van der Waals surface area contributed by atoms with Gasteiger partial charge in [0.2, 0.25) is 5.91 Å². The molecule has 1 heterocycles. The zero-order valence-electron chi connectivity index (χ0n) is 13.6. The van der Waals surface area contributed by atoms with E-state index in [1.807, 2.05) is 11.8 Å². The summed E-state index contributed by atoms with van der Waals surface area (Å²) in [6, 6.07) is -0.312. The van der Waals surface area contributed by atoms with Crippen LogP contribution in [0.1, 0.15) is 46.5 Å². The van der Waals surface area contributed by atoms with Crippen LogP contribution in [0.4, 0.5) is 0 Å². The van der Waals surface area contributed by atoms with Gasteiger partial charge in [0.25, 0.3) is 0 Å². The summed E-state index contributed by atoms with van der Waals surface area (Å²) in [6.45, 7) is 9.52. The van der Waals surface area contributed by atoms with Gasteiger partial charge in [0, 0.05) is 32.6 Å². The van der Waals surface area contributed by atoms with Gasteiger partial charge in [-0.2, -0.15) is 0 Å². The van der Waals surface area contributed by atoms with Gasteiger partial charge in [-0.3, -0.25) is 9.59 Å². The van der Waals surface area contributed by atoms with Gasteiger partial charge in [0.15, 0.2) is 0 Å². The number of carboxylic acid groups (broad SMARTS) is 1. The van der Waals surface area contributed by atoms with E-state index in [0.29, 0.717) is 12.3 Å². The zero-order chi connectivity index (χ0) is 16.3. The first-order valence-corrected chi connectivity index (χ1v) is 7.85. The molecule has 4 N–H and O–H groups in total. The number of aliphatic carboxylic acids is 1. The van der Waals surface area contributed by atoms with E-state index in [-0.39, 0.29) is 11.9 Å². The Labute approximate surface area is 128 Å². The zero-order valence-corrected chi connectivity index (χ0v) is 13.6. The Balaban J connectivity index is 0.000000486. The normalized spacial score (nSPS) is 16.1. The summed E-state index contributed by atoms with van der Waals surface area (Å²) in [4.78, 5) is 23.4. The summed E-state index contributed by atoms with van der Waals surface area (Å²) < 4.78 is 0. The van der Waals surface area contributed by atoms with E-state index >= 15 is 0 Å². The molecule has 6 heteroatoms. The highest BCUT2D eigenvalue weighted by Gasteiger charge is 2.22. The maximum Gasteiger partial charge on any atom is 0.303 e. The van der Waals surface area contributed by atoms with Crippen molar-refractivity contribution >= 4 is 11.9 Å². The summed E-state index contributed by atoms with van der Waals surface area (Å²) in [5.74, 6) is -0.0982. The van der Waals surface area contributed by atoms with Crippen LogP contribution in [0.5, 0.6) is 0 Å². The fraction of sp³-hybridized carbons (Fsp3) is 0.867. The summed E-state index contributed by atoms with van der Waals surface area (Å²) in [5, 5.41) is 11.3. The number of amides is 1. The molecule has 0 bridgehead atoms. The predicted molar refractivity (Wildman–Crippen MR) is 84.0 cm³/mol. The Kier molecular flexibility index (Phi) is 10.9. The number of unbranched alkanes of at least 4 members (excludes halogenated alkanes) is 1. The largest absolute Gasteiger partial charge is 0.481 e. The van der Waals surface area contributed by atoms with E-state index < -0.39 is 5.97 Å². The lowest BCUT2D eigenvalue weighted by atomic mass is 10.0. The van der Waals surface area contributed by atoms with Crippen LogP contribution in [-0.4, -0.2) is 54.1 Å². The van der Waals surface area contributed by atoms with E-state index in [1.165, 1.54) is 0 Å². The van der Waals surface area contributed by atoms with Crippen molar-refractivity contribution < 1.29 is 14.7 Å². The first kappa shape index (κ1) is 19.9. The molecule has 1 atom stereocenters. The summed E-state index contributed by atoms with van der Waals surface area (Å²) in [7, 11) is 0. The highest BCUT2D eigenvalue weighted by Crippen LogP contribution is 2.06. The first-order valence-electron chi connectivity index (χ1n) is 7.85. The van der Waals surface area contributed by atoms with E-state index in [2.05, 4.69) is 19.2 Å². The molecule has 1 amide bonds. The number of nitrogens with zero attached hydrogens (tertiary/aromatic N) is 1. The van der Waals surface area contributed by atoms with Crippen molar-refractivity contribution in [1.29, 1.82) is 0 Å². The van der Waals surface area contributed by atoms with Gasteiger partial charge >= 0.3 is 5.97 Å². The van der Waals surface area contributed by atoms with E-state index in [0.717, 1.165) is 45.4 Å². The van der Waals surface area contributed by atoms with Crippen molar-refractivity contribution in [2.45, 2.75) is 52.5 Å². The number of hydrogen-bond donors (Lipinski definition) is 3. The van der Waals surface area contributed by atoms with E-state index in [1.54, 1.807) is 0 Å². The molecule has 124 valence electrons. The third kappa shape index (κ3) is 10.3. The monoisotopic (exact) mass is 301 g/mol. The molecule has 0 spiro atoms. The second-order valence-electron chi connectivity index (χ2n) is 5.81. The van der Waals surface area contributed by atoms with Crippen LogP contribution in [0.15, 0.2) is 0 Å². The van der Waals surface area contributed by atoms with Crippen LogP contribution < -0.4 is 11.1 Å². The van der Waals surface area contributed by atoms with Crippen molar-refractivity contribution in [3.05, 3.63) is 0 Å². The number of carbonyl (C=O) groups excluding carboxylic acids is 1. The van der Waals surface area contributed by atoms with Crippen LogP contribution >= 0.6 is 0 Å². The highest BCUT2D eigenvalue weighted by atomic mass is 16.4. The number of rotatable bonds is 6. The molecule has 0 saturated carbocycles. The topological polar surface area (TPSA) is 95.7 Å². The number of carbonyl (C=O) groups is 2. The molecule has 1 saturated heterocycles. The molecule has 0 radical (unpaired) electrons. The Morgan fingerprint density at radius 3 is 2.24 bits per heavy atom. The third-order valence-electron chi connectivity index (χ3n) is 3.22. The minimum atomic E-state index is -0.693. The smallest absolute Gasteiger partial charge is 0.303 e. The predicted octanol–water partition coefficient (Wildman–Crippen LogP) is 1.05. The van der Waals surface area contributed by atoms with Crippen LogP contribution in [0.3, 0.4) is 0 Å². The minimum absolute atomic E-state index is 0.111. The van der Waals surface area contributed by atoms with Crippen molar-refractivity contribution in [3.8, 4) is 0 Å². The fourth-order valence-corrected chi connectivity index (χ4v) is 2.06. The summed E-state index contributed by atoms with van der Waals surface area (Å²) in [6.07, 6.45) is 2.86. The van der Waals surface area contributed by atoms with Crippen molar-refractivity contribution in [1.82, 2.24) is 10.2 Å². The van der Waals surface area contributed by atoms with E-state index in [4.69, 9.17) is 10.8 Å². The lowest BCUT2D eigenvalue weighted by molar-refractivity contribution is -0.137. The first-order chi connectivity index (χ1) is 9.88. The average Bonchev–Trinajstić information content (AvgIpc) is 2.45. The lowest BCUT2D eigenvalue weighted by Gasteiger charge is -2.30. The van der Waals surface area contributed by atoms with Crippen molar-refractivity contribution in [2.75, 3.05) is 26.2 Å². The molecular formula is C15H31N3O3. The Morgan fingerprint density at radius 2 is 1.86 bits per heavy atom. The number of nitrogens with two attached hydrogens (primary N) is 1. The van der Waals surface area contributed by atoms with Gasteiger partial charge < -0.3 is 21.1 Å². The van der Waals surface area contributed by atoms with Gasteiger partial charge in [-0.25, -0.2) is 0 Å². The van der Waals surface area contributed by atoms with Gasteiger partial charge in [-0.1, -0.05) is 27.2 Å². The Bertz CT molecular complexity index is 303. The Hall–Kier alpha value is -1.14. The minimum Gasteiger partial charge on any atom is -0.481 e. The number of carboxylic acids is 1. The number of piperazine rings is 1. The molecule has 1 rings (SSSR count). The van der Waals surface area contributed by atoms with Gasteiger partial charge in [0.1, 0.15) is 0 Å². The van der Waals surface area contributed by atoms with E-state index in [9.17, 15) is 9.59 Å². The fourth-order valence-electron chi connectivity index (χ4n) is 2.06.